The number of rotatable bonds is 5. The Morgan fingerprint density at radius 3 is 2.22 bits per heavy atom. The molecule has 18 heavy (non-hydrogen) atoms. The fraction of sp³-hybridized carbons (Fsp3) is 0.364. The first-order valence-electron chi connectivity index (χ1n) is 4.97. The van der Waals surface area contributed by atoms with Crippen LogP contribution in [0.2, 0.25) is 0 Å². The van der Waals surface area contributed by atoms with Gasteiger partial charge in [0.2, 0.25) is 0 Å². The molecule has 1 aromatic rings. The van der Waals surface area contributed by atoms with Gasteiger partial charge < -0.3 is 9.64 Å². The van der Waals surface area contributed by atoms with Crippen molar-refractivity contribution in [3.63, 3.8) is 0 Å². The predicted octanol–water partition coefficient (Wildman–Crippen LogP) is 2.51. The highest BCUT2D eigenvalue weighted by Gasteiger charge is 2.19. The molecule has 0 aromatic heterocycles. The Morgan fingerprint density at radius 2 is 1.78 bits per heavy atom. The molecule has 0 heterocycles. The average Bonchev–Trinajstić information content (AvgIpc) is 2.29. The van der Waals surface area contributed by atoms with E-state index >= 15 is 0 Å². The van der Waals surface area contributed by atoms with Gasteiger partial charge in [0.25, 0.3) is 5.91 Å². The molecule has 0 bridgehead atoms. The summed E-state index contributed by atoms with van der Waals surface area (Å²) in [5.74, 6) is -1.32. The van der Waals surface area contributed by atoms with E-state index in [1.165, 1.54) is 31.3 Å². The smallest absolute Gasteiger partial charge is 0.387 e. The summed E-state index contributed by atoms with van der Waals surface area (Å²) in [4.78, 5) is 11.8. The molecular formula is C11H11F4NO2. The molecule has 0 N–H and O–H groups in total. The van der Waals surface area contributed by atoms with Crippen LogP contribution < -0.4 is 4.74 Å². The van der Waals surface area contributed by atoms with Crippen molar-refractivity contribution in [3.8, 4) is 5.75 Å². The number of carbonyl (C=O) groups is 1. The molecule has 0 atom stereocenters. The molecular weight excluding hydrogens is 254 g/mol. The second-order valence-electron chi connectivity index (χ2n) is 3.52. The second kappa shape index (κ2) is 6.23. The molecule has 0 aliphatic carbocycles. The largest absolute Gasteiger partial charge is 0.435 e. The molecule has 0 aliphatic rings. The van der Waals surface area contributed by atoms with E-state index in [4.69, 9.17) is 0 Å². The summed E-state index contributed by atoms with van der Waals surface area (Å²) in [6.45, 7) is -2.95. The molecule has 0 aliphatic heterocycles. The maximum absolute atomic E-state index is 12.1. The van der Waals surface area contributed by atoms with Gasteiger partial charge in [-0.05, 0) is 17.7 Å². The van der Waals surface area contributed by atoms with Crippen LogP contribution in [0.1, 0.15) is 5.56 Å². The van der Waals surface area contributed by atoms with Crippen LogP contribution in [0.4, 0.5) is 17.6 Å². The van der Waals surface area contributed by atoms with E-state index in [0.29, 0.717) is 5.56 Å². The quantitative estimate of drug-likeness (QED) is 0.765. The average molecular weight is 265 g/mol. The maximum Gasteiger partial charge on any atom is 0.387 e. The SMILES string of the molecule is CN(Cc1ccc(OC(F)F)cc1)C(=O)C(F)F. The van der Waals surface area contributed by atoms with E-state index in [1.807, 2.05) is 0 Å². The predicted molar refractivity (Wildman–Crippen MR) is 55.6 cm³/mol. The molecule has 7 heteroatoms. The zero-order chi connectivity index (χ0) is 13.7. The molecule has 3 nitrogen and oxygen atoms in total. The summed E-state index contributed by atoms with van der Waals surface area (Å²) in [6, 6.07) is 5.41. The van der Waals surface area contributed by atoms with Gasteiger partial charge in [-0.3, -0.25) is 4.79 Å². The van der Waals surface area contributed by atoms with E-state index in [0.717, 1.165) is 4.90 Å². The lowest BCUT2D eigenvalue weighted by atomic mass is 10.2. The Hall–Kier alpha value is -1.79. The van der Waals surface area contributed by atoms with Crippen LogP contribution in [-0.2, 0) is 11.3 Å². The Morgan fingerprint density at radius 1 is 1.22 bits per heavy atom. The number of hydrogen-bond donors (Lipinski definition) is 0. The van der Waals surface area contributed by atoms with Gasteiger partial charge in [-0.1, -0.05) is 12.1 Å². The lowest BCUT2D eigenvalue weighted by Gasteiger charge is -2.16. The van der Waals surface area contributed by atoms with Crippen molar-refractivity contribution in [1.82, 2.24) is 4.90 Å². The third kappa shape index (κ3) is 4.23. The molecule has 0 saturated carbocycles. The second-order valence-corrected chi connectivity index (χ2v) is 3.52. The Kier molecular flexibility index (Phi) is 4.94. The molecule has 1 rings (SSSR count). The van der Waals surface area contributed by atoms with E-state index in [-0.39, 0.29) is 12.3 Å². The van der Waals surface area contributed by atoms with E-state index < -0.39 is 18.9 Å². The zero-order valence-electron chi connectivity index (χ0n) is 9.45. The van der Waals surface area contributed by atoms with Gasteiger partial charge in [0.1, 0.15) is 5.75 Å². The summed E-state index contributed by atoms with van der Waals surface area (Å²) in [5.41, 5.74) is 0.535. The van der Waals surface area contributed by atoms with Gasteiger partial charge in [0.05, 0.1) is 0 Å². The zero-order valence-corrected chi connectivity index (χ0v) is 9.45. The minimum atomic E-state index is -3.06. The highest BCUT2D eigenvalue weighted by molar-refractivity contribution is 5.79. The summed E-state index contributed by atoms with van der Waals surface area (Å²) in [5, 5.41) is 0. The van der Waals surface area contributed by atoms with Crippen molar-refractivity contribution in [2.45, 2.75) is 19.6 Å². The van der Waals surface area contributed by atoms with Crippen molar-refractivity contribution in [1.29, 1.82) is 0 Å². The van der Waals surface area contributed by atoms with Gasteiger partial charge in [-0.2, -0.15) is 17.6 Å². The van der Waals surface area contributed by atoms with Crippen molar-refractivity contribution in [3.05, 3.63) is 29.8 Å². The molecule has 0 saturated heterocycles. The molecule has 0 fully saturated rings. The van der Waals surface area contributed by atoms with Gasteiger partial charge in [-0.15, -0.1) is 0 Å². The van der Waals surface area contributed by atoms with Gasteiger partial charge in [0.15, 0.2) is 0 Å². The summed E-state index contributed by atoms with van der Waals surface area (Å²) < 4.78 is 52.0. The van der Waals surface area contributed by atoms with Crippen molar-refractivity contribution < 1.29 is 27.1 Å². The van der Waals surface area contributed by atoms with Crippen LogP contribution in [0.15, 0.2) is 24.3 Å². The van der Waals surface area contributed by atoms with Crippen molar-refractivity contribution >= 4 is 5.91 Å². The van der Waals surface area contributed by atoms with Crippen LogP contribution in [0.5, 0.6) is 5.75 Å². The number of carbonyl (C=O) groups excluding carboxylic acids is 1. The third-order valence-corrected chi connectivity index (χ3v) is 2.13. The lowest BCUT2D eigenvalue weighted by molar-refractivity contribution is -0.141. The van der Waals surface area contributed by atoms with Crippen LogP contribution in [0, 0.1) is 0 Å². The lowest BCUT2D eigenvalue weighted by Crippen LogP contribution is -2.31. The number of alkyl halides is 4. The Bertz CT molecular complexity index is 395. The van der Waals surface area contributed by atoms with Crippen LogP contribution in [-0.4, -0.2) is 30.9 Å². The first-order valence-corrected chi connectivity index (χ1v) is 4.97. The molecule has 1 amide bonds. The first-order chi connectivity index (χ1) is 8.40. The standard InChI is InChI=1S/C11H11F4NO2/c1-16(10(17)9(12)13)6-7-2-4-8(5-3-7)18-11(14)15/h2-5,9,11H,6H2,1H3. The molecule has 100 valence electrons. The summed E-state index contributed by atoms with van der Waals surface area (Å²) >= 11 is 0. The monoisotopic (exact) mass is 265 g/mol. The van der Waals surface area contributed by atoms with E-state index in [2.05, 4.69) is 4.74 Å². The Labute approximate surface area is 101 Å². The first kappa shape index (κ1) is 14.3. The topological polar surface area (TPSA) is 29.5 Å². The van der Waals surface area contributed by atoms with Crippen LogP contribution in [0.25, 0.3) is 0 Å². The normalized spacial score (nSPS) is 10.8. The number of amides is 1. The van der Waals surface area contributed by atoms with E-state index in [1.54, 1.807) is 0 Å². The fourth-order valence-corrected chi connectivity index (χ4v) is 1.29. The fourth-order valence-electron chi connectivity index (χ4n) is 1.29. The number of nitrogens with zero attached hydrogens (tertiary/aromatic N) is 1. The summed E-state index contributed by atoms with van der Waals surface area (Å²) in [7, 11) is 1.23. The van der Waals surface area contributed by atoms with E-state index in [9.17, 15) is 22.4 Å². The van der Waals surface area contributed by atoms with Crippen LogP contribution in [0.3, 0.4) is 0 Å². The maximum atomic E-state index is 12.1. The van der Waals surface area contributed by atoms with Crippen molar-refractivity contribution in [2.24, 2.45) is 0 Å². The molecule has 0 radical (unpaired) electrons. The minimum absolute atomic E-state index is 0.0296. The Balaban J connectivity index is 2.61. The minimum Gasteiger partial charge on any atom is -0.435 e. The number of ether oxygens (including phenoxy) is 1. The van der Waals surface area contributed by atoms with Gasteiger partial charge in [-0.25, -0.2) is 0 Å². The third-order valence-electron chi connectivity index (χ3n) is 2.13. The number of benzene rings is 1. The highest BCUT2D eigenvalue weighted by atomic mass is 19.3. The number of halogens is 4. The molecule has 0 spiro atoms. The highest BCUT2D eigenvalue weighted by Crippen LogP contribution is 2.16. The summed E-state index contributed by atoms with van der Waals surface area (Å²) in [6.07, 6.45) is -3.06. The molecule has 0 unspecified atom stereocenters. The van der Waals surface area contributed by atoms with Gasteiger partial charge >= 0.3 is 13.0 Å². The van der Waals surface area contributed by atoms with Crippen molar-refractivity contribution in [2.75, 3.05) is 7.05 Å². The van der Waals surface area contributed by atoms with Gasteiger partial charge in [0, 0.05) is 13.6 Å². The number of hydrogen-bond acceptors (Lipinski definition) is 2. The van der Waals surface area contributed by atoms with Crippen LogP contribution >= 0.6 is 0 Å². The molecule has 1 aromatic carbocycles.